The molecule has 0 spiro atoms. The third-order valence-corrected chi connectivity index (χ3v) is 7.68. The summed E-state index contributed by atoms with van der Waals surface area (Å²) >= 11 is 0. The molecule has 1 aromatic heterocycles. The molecule has 1 N–H and O–H groups in total. The van der Waals surface area contributed by atoms with Gasteiger partial charge in [-0.1, -0.05) is 36.4 Å². The number of ether oxygens (including phenoxy) is 1. The molecule has 4 heteroatoms. The summed E-state index contributed by atoms with van der Waals surface area (Å²) in [6.45, 7) is 7.25. The predicted octanol–water partition coefficient (Wildman–Crippen LogP) is 4.89. The summed E-state index contributed by atoms with van der Waals surface area (Å²) in [5.74, 6) is 1.92. The number of pyridine rings is 1. The van der Waals surface area contributed by atoms with Crippen LogP contribution in [0.25, 0.3) is 10.9 Å². The number of hydrogen-bond donors (Lipinski definition) is 1. The molecule has 0 radical (unpaired) electrons. The number of aromatic nitrogens is 1. The molecule has 4 nitrogen and oxygen atoms in total. The minimum absolute atomic E-state index is 0.159. The van der Waals surface area contributed by atoms with Crippen molar-refractivity contribution in [2.24, 2.45) is 11.8 Å². The van der Waals surface area contributed by atoms with E-state index < -0.39 is 6.10 Å². The van der Waals surface area contributed by atoms with E-state index in [0.717, 1.165) is 52.8 Å². The van der Waals surface area contributed by atoms with Gasteiger partial charge < -0.3 is 14.3 Å². The minimum Gasteiger partial charge on any atom is -0.497 e. The average Bonchev–Trinajstić information content (AvgIpc) is 2.83. The molecule has 3 aromatic rings. The smallest absolute Gasteiger partial charge is 0.131 e. The number of aliphatic hydroxyl groups is 1. The summed E-state index contributed by atoms with van der Waals surface area (Å²) in [6, 6.07) is 18.8. The number of piperidine rings is 3. The van der Waals surface area contributed by atoms with E-state index in [1.54, 1.807) is 7.11 Å². The van der Waals surface area contributed by atoms with Gasteiger partial charge in [0.25, 0.3) is 0 Å². The van der Waals surface area contributed by atoms with Crippen LogP contribution in [-0.2, 0) is 6.54 Å². The Hall–Kier alpha value is -2.69. The first-order valence-corrected chi connectivity index (χ1v) is 11.3. The lowest BCUT2D eigenvalue weighted by atomic mass is 9.71. The van der Waals surface area contributed by atoms with Gasteiger partial charge in [-0.3, -0.25) is 4.98 Å². The van der Waals surface area contributed by atoms with Crippen LogP contribution in [0.4, 0.5) is 0 Å². The van der Waals surface area contributed by atoms with Crippen molar-refractivity contribution in [3.8, 4) is 5.75 Å². The highest BCUT2D eigenvalue weighted by atomic mass is 16.5. The summed E-state index contributed by atoms with van der Waals surface area (Å²) in [5.41, 5.74) is 3.19. The van der Waals surface area contributed by atoms with Crippen LogP contribution >= 0.6 is 0 Å². The second-order valence-corrected chi connectivity index (χ2v) is 9.25. The molecule has 2 aromatic carbocycles. The van der Waals surface area contributed by atoms with E-state index in [1.165, 1.54) is 12.0 Å². The van der Waals surface area contributed by atoms with Crippen LogP contribution in [0.5, 0.6) is 5.75 Å². The molecular weight excluding hydrogens is 384 g/mol. The fraction of sp³-hybridized carbons (Fsp3) is 0.370. The SMILES string of the molecule is C=CC1C[N+]2(Cc3ccccc3)CCC1CC2C(O)c1ccnc2ccc(OC)cc12. The first-order valence-electron chi connectivity index (χ1n) is 11.3. The Kier molecular flexibility index (Phi) is 5.28. The lowest BCUT2D eigenvalue weighted by molar-refractivity contribution is -0.984. The lowest BCUT2D eigenvalue weighted by Crippen LogP contribution is -2.67. The third-order valence-electron chi connectivity index (χ3n) is 7.68. The fourth-order valence-corrected chi connectivity index (χ4v) is 6.07. The van der Waals surface area contributed by atoms with E-state index in [-0.39, 0.29) is 6.04 Å². The third kappa shape index (κ3) is 3.54. The van der Waals surface area contributed by atoms with Crippen molar-refractivity contribution in [2.45, 2.75) is 31.5 Å². The van der Waals surface area contributed by atoms with Crippen molar-refractivity contribution in [1.82, 2.24) is 4.98 Å². The Labute approximate surface area is 184 Å². The van der Waals surface area contributed by atoms with Gasteiger partial charge in [0, 0.05) is 35.9 Å². The number of fused-ring (bicyclic) bond motifs is 4. The molecule has 6 rings (SSSR count). The highest BCUT2D eigenvalue weighted by molar-refractivity contribution is 5.83. The van der Waals surface area contributed by atoms with Crippen LogP contribution in [0.15, 0.2) is 73.4 Å². The van der Waals surface area contributed by atoms with Gasteiger partial charge >= 0.3 is 0 Å². The van der Waals surface area contributed by atoms with E-state index >= 15 is 0 Å². The molecule has 4 heterocycles. The molecule has 0 amide bonds. The minimum atomic E-state index is -0.546. The fourth-order valence-electron chi connectivity index (χ4n) is 6.07. The number of rotatable bonds is 6. The summed E-state index contributed by atoms with van der Waals surface area (Å²) in [6.07, 6.45) is 5.65. The van der Waals surface area contributed by atoms with E-state index in [2.05, 4.69) is 48.0 Å². The van der Waals surface area contributed by atoms with E-state index in [0.29, 0.717) is 11.8 Å². The van der Waals surface area contributed by atoms with Gasteiger partial charge in [0.15, 0.2) is 0 Å². The molecule has 5 atom stereocenters. The predicted molar refractivity (Wildman–Crippen MR) is 124 cm³/mol. The number of methoxy groups -OCH3 is 1. The molecule has 0 saturated carbocycles. The van der Waals surface area contributed by atoms with Crippen molar-refractivity contribution >= 4 is 10.9 Å². The summed E-state index contributed by atoms with van der Waals surface area (Å²) < 4.78 is 6.38. The molecule has 3 aliphatic heterocycles. The highest BCUT2D eigenvalue weighted by Crippen LogP contribution is 2.48. The van der Waals surface area contributed by atoms with Crippen LogP contribution in [0, 0.1) is 11.8 Å². The highest BCUT2D eigenvalue weighted by Gasteiger charge is 2.53. The summed E-state index contributed by atoms with van der Waals surface area (Å²) in [4.78, 5) is 4.52. The van der Waals surface area contributed by atoms with Gasteiger partial charge in [0.05, 0.1) is 25.7 Å². The van der Waals surface area contributed by atoms with Gasteiger partial charge in [-0.25, -0.2) is 0 Å². The number of benzene rings is 2. The van der Waals surface area contributed by atoms with Crippen LogP contribution in [-0.4, -0.2) is 40.8 Å². The Bertz CT molecular complexity index is 1080. The molecule has 3 saturated heterocycles. The van der Waals surface area contributed by atoms with Crippen molar-refractivity contribution < 1.29 is 14.3 Å². The second-order valence-electron chi connectivity index (χ2n) is 9.25. The van der Waals surface area contributed by atoms with Gasteiger partial charge in [-0.15, -0.1) is 6.58 Å². The quantitative estimate of drug-likeness (QED) is 0.460. The Morgan fingerprint density at radius 2 is 2.06 bits per heavy atom. The number of quaternary nitrogens is 1. The topological polar surface area (TPSA) is 42.4 Å². The Morgan fingerprint density at radius 1 is 1.23 bits per heavy atom. The molecule has 160 valence electrons. The van der Waals surface area contributed by atoms with Crippen LogP contribution in [0.3, 0.4) is 0 Å². The summed E-state index contributed by atoms with van der Waals surface area (Å²) in [5, 5.41) is 12.8. The van der Waals surface area contributed by atoms with Crippen LogP contribution < -0.4 is 4.74 Å². The maximum absolute atomic E-state index is 11.8. The maximum Gasteiger partial charge on any atom is 0.131 e. The van der Waals surface area contributed by atoms with Crippen molar-refractivity contribution in [3.63, 3.8) is 0 Å². The molecule has 3 aliphatic rings. The molecule has 5 unspecified atom stereocenters. The standard InChI is InChI=1S/C27H31N2O2/c1-3-20-18-29(17-19-7-5-4-6-8-19)14-12-21(20)15-26(29)27(30)23-11-13-28-25-10-9-22(31-2)16-24(23)25/h3-11,13,16,20-21,26-27,30H,1,12,14-15,17-18H2,2H3/q+1. The van der Waals surface area contributed by atoms with Crippen LogP contribution in [0.1, 0.15) is 30.1 Å². The molecule has 3 fully saturated rings. The Morgan fingerprint density at radius 3 is 2.84 bits per heavy atom. The van der Waals surface area contributed by atoms with Gasteiger partial charge in [0.2, 0.25) is 0 Å². The monoisotopic (exact) mass is 415 g/mol. The number of hydrogen-bond acceptors (Lipinski definition) is 3. The van der Waals surface area contributed by atoms with Crippen molar-refractivity contribution in [3.05, 3.63) is 84.6 Å². The van der Waals surface area contributed by atoms with Crippen LogP contribution in [0.2, 0.25) is 0 Å². The largest absolute Gasteiger partial charge is 0.497 e. The van der Waals surface area contributed by atoms with Crippen molar-refractivity contribution in [2.75, 3.05) is 20.2 Å². The molecule has 31 heavy (non-hydrogen) atoms. The van der Waals surface area contributed by atoms with Gasteiger partial charge in [-0.2, -0.15) is 0 Å². The maximum atomic E-state index is 11.8. The zero-order valence-electron chi connectivity index (χ0n) is 18.2. The normalized spacial score (nSPS) is 28.4. The Balaban J connectivity index is 1.56. The first-order chi connectivity index (χ1) is 15.1. The molecule has 2 bridgehead atoms. The number of nitrogens with zero attached hydrogens (tertiary/aromatic N) is 2. The zero-order valence-corrected chi connectivity index (χ0v) is 18.2. The van der Waals surface area contributed by atoms with E-state index in [9.17, 15) is 5.11 Å². The van der Waals surface area contributed by atoms with Crippen molar-refractivity contribution in [1.29, 1.82) is 0 Å². The van der Waals surface area contributed by atoms with E-state index in [1.807, 2.05) is 30.5 Å². The molecular formula is C27H31N2O2+. The molecule has 0 aliphatic carbocycles. The zero-order chi connectivity index (χ0) is 21.4. The number of aliphatic hydroxyl groups excluding tert-OH is 1. The lowest BCUT2D eigenvalue weighted by Gasteiger charge is -2.58. The van der Waals surface area contributed by atoms with Gasteiger partial charge in [0.1, 0.15) is 24.4 Å². The van der Waals surface area contributed by atoms with Gasteiger partial charge in [-0.05, 0) is 35.7 Å². The second kappa shape index (κ2) is 8.10. The first kappa shape index (κ1) is 20.2. The average molecular weight is 416 g/mol. The van der Waals surface area contributed by atoms with E-state index in [4.69, 9.17) is 4.74 Å². The summed E-state index contributed by atoms with van der Waals surface area (Å²) in [7, 11) is 1.68.